The number of hydrogen-bond acceptors (Lipinski definition) is 3. The van der Waals surface area contributed by atoms with Crippen molar-refractivity contribution in [1.29, 1.82) is 0 Å². The summed E-state index contributed by atoms with van der Waals surface area (Å²) < 4.78 is 26.4. The second-order valence-electron chi connectivity index (χ2n) is 4.36. The first-order chi connectivity index (χ1) is 9.50. The second-order valence-corrected chi connectivity index (χ2v) is 4.36. The molecule has 0 aliphatic carbocycles. The van der Waals surface area contributed by atoms with Gasteiger partial charge in [-0.05, 0) is 18.6 Å². The van der Waals surface area contributed by atoms with Crippen molar-refractivity contribution in [2.24, 2.45) is 0 Å². The molecule has 2 rings (SSSR count). The van der Waals surface area contributed by atoms with Crippen LogP contribution in [0.1, 0.15) is 29.0 Å². The van der Waals surface area contributed by atoms with Gasteiger partial charge in [-0.2, -0.15) is 0 Å². The van der Waals surface area contributed by atoms with Crippen molar-refractivity contribution in [3.63, 3.8) is 0 Å². The fourth-order valence-corrected chi connectivity index (χ4v) is 1.76. The first kappa shape index (κ1) is 14.0. The highest BCUT2D eigenvalue weighted by Crippen LogP contribution is 2.20. The molecule has 0 aliphatic rings. The maximum atomic E-state index is 13.6. The van der Waals surface area contributed by atoms with Crippen molar-refractivity contribution in [1.82, 2.24) is 14.9 Å². The van der Waals surface area contributed by atoms with Gasteiger partial charge in [0.1, 0.15) is 5.82 Å². The van der Waals surface area contributed by atoms with Crippen molar-refractivity contribution in [3.05, 3.63) is 59.7 Å². The van der Waals surface area contributed by atoms with Crippen LogP contribution < -0.4 is 0 Å². The third-order valence-electron chi connectivity index (χ3n) is 3.08. The number of pyridine rings is 2. The van der Waals surface area contributed by atoms with E-state index in [4.69, 9.17) is 0 Å². The van der Waals surface area contributed by atoms with Gasteiger partial charge in [0.15, 0.2) is 11.5 Å². The lowest BCUT2D eigenvalue weighted by molar-refractivity contribution is 0.0731. The first-order valence-electron chi connectivity index (χ1n) is 5.99. The number of rotatable bonds is 3. The van der Waals surface area contributed by atoms with Gasteiger partial charge < -0.3 is 4.90 Å². The summed E-state index contributed by atoms with van der Waals surface area (Å²) >= 11 is 0. The molecule has 4 nitrogen and oxygen atoms in total. The summed E-state index contributed by atoms with van der Waals surface area (Å²) in [7, 11) is 1.53. The monoisotopic (exact) mass is 277 g/mol. The Morgan fingerprint density at radius 2 is 2.10 bits per heavy atom. The summed E-state index contributed by atoms with van der Waals surface area (Å²) in [5, 5.41) is 0. The molecule has 0 bridgehead atoms. The lowest BCUT2D eigenvalue weighted by Gasteiger charge is -2.24. The SMILES string of the molecule is CC(c1cccnc1)N(C)C(=O)c1ncc(F)cc1F. The Kier molecular flexibility index (Phi) is 4.02. The molecule has 0 saturated heterocycles. The van der Waals surface area contributed by atoms with E-state index in [1.54, 1.807) is 25.4 Å². The van der Waals surface area contributed by atoms with Gasteiger partial charge in [-0.15, -0.1) is 0 Å². The molecule has 2 aromatic heterocycles. The van der Waals surface area contributed by atoms with Crippen LogP contribution in [0.5, 0.6) is 0 Å². The number of halogens is 2. The molecule has 1 unspecified atom stereocenters. The Morgan fingerprint density at radius 1 is 1.35 bits per heavy atom. The van der Waals surface area contributed by atoms with Gasteiger partial charge >= 0.3 is 0 Å². The van der Waals surface area contributed by atoms with E-state index in [1.807, 2.05) is 6.07 Å². The van der Waals surface area contributed by atoms with Gasteiger partial charge in [0.2, 0.25) is 0 Å². The van der Waals surface area contributed by atoms with Crippen molar-refractivity contribution in [2.45, 2.75) is 13.0 Å². The van der Waals surface area contributed by atoms with Gasteiger partial charge in [-0.3, -0.25) is 9.78 Å². The minimum absolute atomic E-state index is 0.303. The number of amides is 1. The van der Waals surface area contributed by atoms with Crippen LogP contribution in [0, 0.1) is 11.6 Å². The van der Waals surface area contributed by atoms with Gasteiger partial charge in [-0.25, -0.2) is 13.8 Å². The molecule has 0 fully saturated rings. The summed E-state index contributed by atoms with van der Waals surface area (Å²) in [6, 6.07) is 3.90. The van der Waals surface area contributed by atoms with Crippen LogP contribution in [0.3, 0.4) is 0 Å². The van der Waals surface area contributed by atoms with E-state index in [-0.39, 0.29) is 6.04 Å². The summed E-state index contributed by atoms with van der Waals surface area (Å²) in [5.41, 5.74) is 0.413. The average molecular weight is 277 g/mol. The van der Waals surface area contributed by atoms with Crippen LogP contribution in [0.15, 0.2) is 36.8 Å². The Morgan fingerprint density at radius 3 is 2.70 bits per heavy atom. The van der Waals surface area contributed by atoms with Crippen LogP contribution in [0.4, 0.5) is 8.78 Å². The highest BCUT2D eigenvalue weighted by molar-refractivity contribution is 5.92. The predicted octanol–water partition coefficient (Wildman–Crippen LogP) is 2.59. The molecule has 1 atom stereocenters. The molecule has 0 N–H and O–H groups in total. The molecular formula is C14H13F2N3O. The van der Waals surface area contributed by atoms with E-state index in [1.165, 1.54) is 11.9 Å². The van der Waals surface area contributed by atoms with Crippen molar-refractivity contribution in [3.8, 4) is 0 Å². The summed E-state index contributed by atoms with van der Waals surface area (Å²) in [5.74, 6) is -2.40. The smallest absolute Gasteiger partial charge is 0.275 e. The molecule has 0 saturated carbocycles. The van der Waals surface area contributed by atoms with Gasteiger partial charge in [-0.1, -0.05) is 6.07 Å². The molecule has 0 radical (unpaired) electrons. The van der Waals surface area contributed by atoms with Gasteiger partial charge in [0, 0.05) is 25.5 Å². The molecule has 6 heteroatoms. The predicted molar refractivity (Wildman–Crippen MR) is 68.9 cm³/mol. The van der Waals surface area contributed by atoms with Gasteiger partial charge in [0.05, 0.1) is 12.2 Å². The number of carbonyl (C=O) groups is 1. The zero-order valence-corrected chi connectivity index (χ0v) is 11.0. The van der Waals surface area contributed by atoms with Crippen LogP contribution in [-0.2, 0) is 0 Å². The Bertz CT molecular complexity index is 619. The summed E-state index contributed by atoms with van der Waals surface area (Å²) in [6.45, 7) is 1.79. The maximum Gasteiger partial charge on any atom is 0.275 e. The lowest BCUT2D eigenvalue weighted by atomic mass is 10.1. The van der Waals surface area contributed by atoms with Gasteiger partial charge in [0.25, 0.3) is 5.91 Å². The third-order valence-corrected chi connectivity index (χ3v) is 3.08. The number of hydrogen-bond donors (Lipinski definition) is 0. The zero-order valence-electron chi connectivity index (χ0n) is 11.0. The van der Waals surface area contributed by atoms with Crippen LogP contribution in [0.25, 0.3) is 0 Å². The lowest BCUT2D eigenvalue weighted by Crippen LogP contribution is -2.31. The minimum atomic E-state index is -0.972. The molecule has 20 heavy (non-hydrogen) atoms. The number of nitrogens with zero attached hydrogens (tertiary/aromatic N) is 3. The van der Waals surface area contributed by atoms with Crippen molar-refractivity contribution >= 4 is 5.91 Å². The first-order valence-corrected chi connectivity index (χ1v) is 5.99. The molecule has 1 amide bonds. The second kappa shape index (κ2) is 5.73. The molecule has 0 spiro atoms. The molecular weight excluding hydrogens is 264 g/mol. The molecule has 2 heterocycles. The van der Waals surface area contributed by atoms with E-state index in [0.29, 0.717) is 6.07 Å². The Balaban J connectivity index is 2.24. The Labute approximate surface area is 115 Å². The van der Waals surface area contributed by atoms with Crippen LogP contribution >= 0.6 is 0 Å². The van der Waals surface area contributed by atoms with E-state index in [0.717, 1.165) is 11.8 Å². The summed E-state index contributed by atoms with van der Waals surface area (Å²) in [6.07, 6.45) is 4.07. The number of carbonyl (C=O) groups excluding carboxylic acids is 1. The van der Waals surface area contributed by atoms with E-state index >= 15 is 0 Å². The fraction of sp³-hybridized carbons (Fsp3) is 0.214. The quantitative estimate of drug-likeness (QED) is 0.866. The molecule has 104 valence electrons. The van der Waals surface area contributed by atoms with E-state index in [9.17, 15) is 13.6 Å². The highest BCUT2D eigenvalue weighted by atomic mass is 19.1. The van der Waals surface area contributed by atoms with E-state index < -0.39 is 23.2 Å². The largest absolute Gasteiger partial charge is 0.333 e. The number of aromatic nitrogens is 2. The zero-order chi connectivity index (χ0) is 14.7. The average Bonchev–Trinajstić information content (AvgIpc) is 2.46. The highest BCUT2D eigenvalue weighted by Gasteiger charge is 2.23. The van der Waals surface area contributed by atoms with Crippen LogP contribution in [-0.4, -0.2) is 27.8 Å². The third kappa shape index (κ3) is 2.79. The standard InChI is InChI=1S/C14H13F2N3O/c1-9(10-4-3-5-17-7-10)19(2)14(20)13-12(16)6-11(15)8-18-13/h3-9H,1-2H3. The Hall–Kier alpha value is -2.37. The molecule has 2 aromatic rings. The fourth-order valence-electron chi connectivity index (χ4n) is 1.76. The van der Waals surface area contributed by atoms with Crippen molar-refractivity contribution in [2.75, 3.05) is 7.05 Å². The topological polar surface area (TPSA) is 46.1 Å². The minimum Gasteiger partial charge on any atom is -0.333 e. The maximum absolute atomic E-state index is 13.6. The molecule has 0 aliphatic heterocycles. The van der Waals surface area contributed by atoms with E-state index in [2.05, 4.69) is 9.97 Å². The van der Waals surface area contributed by atoms with Crippen molar-refractivity contribution < 1.29 is 13.6 Å². The normalized spacial score (nSPS) is 12.0. The summed E-state index contributed by atoms with van der Waals surface area (Å²) in [4.78, 5) is 21.0. The van der Waals surface area contributed by atoms with Crippen LogP contribution in [0.2, 0.25) is 0 Å². The molecule has 0 aromatic carbocycles.